The van der Waals surface area contributed by atoms with Gasteiger partial charge in [-0.05, 0) is 37.6 Å². The monoisotopic (exact) mass is 466 g/mol. The number of benzene rings is 2. The summed E-state index contributed by atoms with van der Waals surface area (Å²) >= 11 is 1.59. The number of hydrogen-bond acceptors (Lipinski definition) is 7. The Bertz CT molecular complexity index is 1110. The van der Waals surface area contributed by atoms with Crippen LogP contribution in [0.25, 0.3) is 11.3 Å². The van der Waals surface area contributed by atoms with Crippen molar-refractivity contribution in [3.05, 3.63) is 64.5 Å². The van der Waals surface area contributed by atoms with E-state index in [0.717, 1.165) is 22.7 Å². The molecule has 1 aliphatic rings. The van der Waals surface area contributed by atoms with Gasteiger partial charge < -0.3 is 14.2 Å². The fraction of sp³-hybridized carbons (Fsp3) is 0.320. The minimum absolute atomic E-state index is 0.149. The maximum Gasteiger partial charge on any atom is 0.326 e. The molecule has 3 aromatic rings. The zero-order valence-electron chi connectivity index (χ0n) is 18.7. The van der Waals surface area contributed by atoms with E-state index in [0.29, 0.717) is 24.7 Å². The first-order valence-corrected chi connectivity index (χ1v) is 11.8. The molecule has 0 fully saturated rings. The summed E-state index contributed by atoms with van der Waals surface area (Å²) in [6, 6.07) is 15.8. The normalized spacial score (nSPS) is 15.2. The molecule has 1 amide bonds. The van der Waals surface area contributed by atoms with Gasteiger partial charge in [0.05, 0.1) is 23.0 Å². The van der Waals surface area contributed by atoms with Crippen LogP contribution in [-0.4, -0.2) is 49.3 Å². The number of carbonyl (C=O) groups excluding carboxylic acids is 2. The van der Waals surface area contributed by atoms with Gasteiger partial charge in [0.25, 0.3) is 5.91 Å². The molecule has 1 atom stereocenters. The molecule has 1 unspecified atom stereocenters. The lowest BCUT2D eigenvalue weighted by Crippen LogP contribution is -2.47. The fourth-order valence-electron chi connectivity index (χ4n) is 3.56. The predicted octanol–water partition coefficient (Wildman–Crippen LogP) is 4.09. The van der Waals surface area contributed by atoms with Crippen molar-refractivity contribution in [1.29, 1.82) is 0 Å². The minimum atomic E-state index is -0.684. The van der Waals surface area contributed by atoms with Gasteiger partial charge in [-0.2, -0.15) is 0 Å². The number of rotatable bonds is 9. The molecule has 0 saturated heterocycles. The average molecular weight is 467 g/mol. The van der Waals surface area contributed by atoms with E-state index in [1.807, 2.05) is 48.7 Å². The van der Waals surface area contributed by atoms with Crippen LogP contribution in [0.15, 0.2) is 53.9 Å². The standard InChI is InChI=1S/C25H26N2O5S/c1-3-30-11-12-31-24(28)15-27-21-14-19(9-10-22(21)32-17(2)25(27)29)20-16-33-23(26-20)13-18-7-5-4-6-8-18/h4-10,14,16-17H,3,11-13,15H2,1-2H3. The highest BCUT2D eigenvalue weighted by molar-refractivity contribution is 7.10. The van der Waals surface area contributed by atoms with Crippen molar-refractivity contribution >= 4 is 28.9 Å². The number of thiazole rings is 1. The Labute approximate surface area is 196 Å². The van der Waals surface area contributed by atoms with E-state index < -0.39 is 12.1 Å². The molecule has 0 saturated carbocycles. The number of ether oxygens (including phenoxy) is 3. The highest BCUT2D eigenvalue weighted by atomic mass is 32.1. The van der Waals surface area contributed by atoms with E-state index in [9.17, 15) is 9.59 Å². The number of anilines is 1. The summed E-state index contributed by atoms with van der Waals surface area (Å²) < 4.78 is 16.2. The quantitative estimate of drug-likeness (QED) is 0.349. The van der Waals surface area contributed by atoms with E-state index >= 15 is 0 Å². The summed E-state index contributed by atoms with van der Waals surface area (Å²) in [6.07, 6.45) is 0.0752. The highest BCUT2D eigenvalue weighted by Crippen LogP contribution is 2.38. The molecule has 0 bridgehead atoms. The van der Waals surface area contributed by atoms with Gasteiger partial charge in [-0.15, -0.1) is 11.3 Å². The molecule has 1 aromatic heterocycles. The lowest BCUT2D eigenvalue weighted by molar-refractivity contribution is -0.144. The van der Waals surface area contributed by atoms with Crippen molar-refractivity contribution in [1.82, 2.24) is 4.98 Å². The summed E-state index contributed by atoms with van der Waals surface area (Å²) in [6.45, 7) is 4.38. The van der Waals surface area contributed by atoms with Crippen molar-refractivity contribution < 1.29 is 23.8 Å². The zero-order valence-corrected chi connectivity index (χ0v) is 19.5. The second kappa shape index (κ2) is 10.6. The van der Waals surface area contributed by atoms with Gasteiger partial charge in [0.15, 0.2) is 6.10 Å². The third-order valence-electron chi connectivity index (χ3n) is 5.20. The summed E-state index contributed by atoms with van der Waals surface area (Å²) in [7, 11) is 0. The second-order valence-electron chi connectivity index (χ2n) is 7.57. The number of hydrogen-bond donors (Lipinski definition) is 0. The van der Waals surface area contributed by atoms with Gasteiger partial charge in [-0.25, -0.2) is 4.98 Å². The smallest absolute Gasteiger partial charge is 0.326 e. The molecular formula is C25H26N2O5S. The molecule has 0 aliphatic carbocycles. The van der Waals surface area contributed by atoms with E-state index in [4.69, 9.17) is 19.2 Å². The Kier molecular flexibility index (Phi) is 7.36. The Morgan fingerprint density at radius 2 is 2.00 bits per heavy atom. The second-order valence-corrected chi connectivity index (χ2v) is 8.52. The van der Waals surface area contributed by atoms with E-state index in [-0.39, 0.29) is 19.1 Å². The van der Waals surface area contributed by atoms with Gasteiger partial charge in [-0.1, -0.05) is 30.3 Å². The van der Waals surface area contributed by atoms with Crippen molar-refractivity contribution in [2.45, 2.75) is 26.4 Å². The Morgan fingerprint density at radius 3 is 2.79 bits per heavy atom. The topological polar surface area (TPSA) is 78.0 Å². The molecule has 33 heavy (non-hydrogen) atoms. The first-order valence-electron chi connectivity index (χ1n) is 10.9. The molecule has 0 spiro atoms. The molecule has 0 N–H and O–H groups in total. The van der Waals surface area contributed by atoms with Gasteiger partial charge in [0.2, 0.25) is 0 Å². The van der Waals surface area contributed by atoms with Gasteiger partial charge in [-0.3, -0.25) is 14.5 Å². The van der Waals surface area contributed by atoms with E-state index in [1.165, 1.54) is 10.5 Å². The summed E-state index contributed by atoms with van der Waals surface area (Å²) in [4.78, 5) is 31.4. The maximum atomic E-state index is 12.8. The van der Waals surface area contributed by atoms with Crippen LogP contribution >= 0.6 is 11.3 Å². The van der Waals surface area contributed by atoms with Crippen LogP contribution in [0, 0.1) is 0 Å². The van der Waals surface area contributed by atoms with E-state index in [2.05, 4.69) is 12.1 Å². The summed E-state index contributed by atoms with van der Waals surface area (Å²) in [5, 5.41) is 3.00. The largest absolute Gasteiger partial charge is 0.479 e. The molecule has 2 heterocycles. The number of nitrogens with zero attached hydrogens (tertiary/aromatic N) is 2. The predicted molar refractivity (Wildman–Crippen MR) is 127 cm³/mol. The zero-order chi connectivity index (χ0) is 23.2. The number of esters is 1. The van der Waals surface area contributed by atoms with Crippen LogP contribution in [0.4, 0.5) is 5.69 Å². The molecule has 8 heteroatoms. The van der Waals surface area contributed by atoms with Crippen molar-refractivity contribution in [2.24, 2.45) is 0 Å². The average Bonchev–Trinajstić information content (AvgIpc) is 3.28. The number of amides is 1. The Balaban J connectivity index is 1.53. The number of carbonyl (C=O) groups is 2. The lowest BCUT2D eigenvalue weighted by atomic mass is 10.1. The molecule has 0 radical (unpaired) electrons. The summed E-state index contributed by atoms with van der Waals surface area (Å²) in [5.74, 6) is -0.232. The first-order chi connectivity index (χ1) is 16.0. The van der Waals surface area contributed by atoms with Crippen LogP contribution in [0.2, 0.25) is 0 Å². The first kappa shape index (κ1) is 22.9. The van der Waals surface area contributed by atoms with E-state index in [1.54, 1.807) is 18.3 Å². The van der Waals surface area contributed by atoms with Crippen molar-refractivity contribution in [2.75, 3.05) is 31.3 Å². The summed E-state index contributed by atoms with van der Waals surface area (Å²) in [5.41, 5.74) is 3.41. The maximum absolute atomic E-state index is 12.8. The Morgan fingerprint density at radius 1 is 1.18 bits per heavy atom. The highest BCUT2D eigenvalue weighted by Gasteiger charge is 2.33. The minimum Gasteiger partial charge on any atom is -0.479 e. The van der Waals surface area contributed by atoms with Crippen LogP contribution < -0.4 is 9.64 Å². The molecule has 2 aromatic carbocycles. The lowest BCUT2D eigenvalue weighted by Gasteiger charge is -2.32. The van der Waals surface area contributed by atoms with Crippen molar-refractivity contribution in [3.63, 3.8) is 0 Å². The molecule has 4 rings (SSSR count). The Hall–Kier alpha value is -3.23. The van der Waals surface area contributed by atoms with Gasteiger partial charge >= 0.3 is 5.97 Å². The van der Waals surface area contributed by atoms with Gasteiger partial charge in [0.1, 0.15) is 18.9 Å². The van der Waals surface area contributed by atoms with Crippen LogP contribution in [0.3, 0.4) is 0 Å². The van der Waals surface area contributed by atoms with Crippen LogP contribution in [0.5, 0.6) is 5.75 Å². The van der Waals surface area contributed by atoms with Gasteiger partial charge in [0, 0.05) is 24.0 Å². The third kappa shape index (κ3) is 5.58. The van der Waals surface area contributed by atoms with Crippen molar-refractivity contribution in [3.8, 4) is 17.0 Å². The SMILES string of the molecule is CCOCCOC(=O)CN1C(=O)C(C)Oc2ccc(-c3csc(Cc4ccccc4)n3)cc21. The molecule has 7 nitrogen and oxygen atoms in total. The van der Waals surface area contributed by atoms with Crippen LogP contribution in [0.1, 0.15) is 24.4 Å². The number of fused-ring (bicyclic) bond motifs is 1. The molecular weight excluding hydrogens is 440 g/mol. The van der Waals surface area contributed by atoms with Crippen LogP contribution in [-0.2, 0) is 25.5 Å². The third-order valence-corrected chi connectivity index (χ3v) is 6.04. The molecule has 172 valence electrons. The number of aromatic nitrogens is 1. The fourth-order valence-corrected chi connectivity index (χ4v) is 4.40. The molecule has 1 aliphatic heterocycles.